The van der Waals surface area contributed by atoms with Crippen molar-refractivity contribution in [3.8, 4) is 11.5 Å². The molecule has 0 aliphatic carbocycles. The summed E-state index contributed by atoms with van der Waals surface area (Å²) in [7, 11) is 3.06. The standard InChI is InChI=1S/C17H20O6/c1-5-22-16(18)7-6-11-10(2)12-8-14(20-3)15(21-4)9-13(12)23-17(11)19/h8-9H,5-7H2,1-4H3. The van der Waals surface area contributed by atoms with Gasteiger partial charge in [-0.25, -0.2) is 4.79 Å². The Morgan fingerprint density at radius 2 is 1.83 bits per heavy atom. The second-order valence-electron chi connectivity index (χ2n) is 5.00. The number of methoxy groups -OCH3 is 2. The van der Waals surface area contributed by atoms with Crippen LogP contribution >= 0.6 is 0 Å². The number of benzene rings is 1. The molecule has 2 aromatic rings. The van der Waals surface area contributed by atoms with Crippen molar-refractivity contribution in [3.63, 3.8) is 0 Å². The summed E-state index contributed by atoms with van der Waals surface area (Å²) in [5.41, 5.74) is 1.20. The Balaban J connectivity index is 2.47. The third-order valence-corrected chi connectivity index (χ3v) is 3.68. The first-order valence-electron chi connectivity index (χ1n) is 7.35. The maximum Gasteiger partial charge on any atom is 0.339 e. The van der Waals surface area contributed by atoms with Crippen LogP contribution in [0.3, 0.4) is 0 Å². The number of esters is 1. The molecule has 0 spiro atoms. The van der Waals surface area contributed by atoms with Crippen molar-refractivity contribution < 1.29 is 23.4 Å². The molecule has 6 nitrogen and oxygen atoms in total. The molecule has 0 aliphatic heterocycles. The average Bonchev–Trinajstić information content (AvgIpc) is 2.53. The summed E-state index contributed by atoms with van der Waals surface area (Å²) in [6.07, 6.45) is 0.412. The Hall–Kier alpha value is -2.50. The molecule has 0 aliphatic rings. The summed E-state index contributed by atoms with van der Waals surface area (Å²) in [5.74, 6) is 0.703. The van der Waals surface area contributed by atoms with E-state index in [-0.39, 0.29) is 18.8 Å². The fourth-order valence-corrected chi connectivity index (χ4v) is 2.46. The van der Waals surface area contributed by atoms with Gasteiger partial charge < -0.3 is 18.6 Å². The van der Waals surface area contributed by atoms with Crippen LogP contribution in [0.1, 0.15) is 24.5 Å². The highest BCUT2D eigenvalue weighted by Crippen LogP contribution is 2.33. The minimum atomic E-state index is -0.452. The number of carbonyl (C=O) groups excluding carboxylic acids is 1. The molecule has 0 bridgehead atoms. The zero-order valence-corrected chi connectivity index (χ0v) is 13.7. The van der Waals surface area contributed by atoms with E-state index in [4.69, 9.17) is 18.6 Å². The molecule has 2 rings (SSSR count). The number of rotatable bonds is 6. The van der Waals surface area contributed by atoms with Gasteiger partial charge in [0.1, 0.15) is 5.58 Å². The molecule has 0 amide bonds. The smallest absolute Gasteiger partial charge is 0.339 e. The van der Waals surface area contributed by atoms with E-state index in [1.54, 1.807) is 26.2 Å². The molecular weight excluding hydrogens is 300 g/mol. The molecule has 0 radical (unpaired) electrons. The molecule has 1 aromatic carbocycles. The lowest BCUT2D eigenvalue weighted by molar-refractivity contribution is -0.143. The molecule has 0 unspecified atom stereocenters. The van der Waals surface area contributed by atoms with E-state index in [0.29, 0.717) is 29.3 Å². The Morgan fingerprint density at radius 1 is 1.17 bits per heavy atom. The lowest BCUT2D eigenvalue weighted by Crippen LogP contribution is -2.13. The van der Waals surface area contributed by atoms with Gasteiger partial charge in [0.15, 0.2) is 11.5 Å². The highest BCUT2D eigenvalue weighted by Gasteiger charge is 2.16. The molecule has 0 N–H and O–H groups in total. The van der Waals surface area contributed by atoms with E-state index in [1.807, 2.05) is 6.92 Å². The highest BCUT2D eigenvalue weighted by atomic mass is 16.5. The lowest BCUT2D eigenvalue weighted by Gasteiger charge is -2.11. The van der Waals surface area contributed by atoms with Crippen LogP contribution in [0.5, 0.6) is 11.5 Å². The van der Waals surface area contributed by atoms with Crippen molar-refractivity contribution in [2.75, 3.05) is 20.8 Å². The topological polar surface area (TPSA) is 75.0 Å². The first-order valence-corrected chi connectivity index (χ1v) is 7.35. The van der Waals surface area contributed by atoms with E-state index in [2.05, 4.69) is 0 Å². The normalized spacial score (nSPS) is 10.6. The highest BCUT2D eigenvalue weighted by molar-refractivity contribution is 5.85. The fourth-order valence-electron chi connectivity index (χ4n) is 2.46. The van der Waals surface area contributed by atoms with Gasteiger partial charge in [-0.1, -0.05) is 0 Å². The number of hydrogen-bond acceptors (Lipinski definition) is 6. The summed E-state index contributed by atoms with van der Waals surface area (Å²) in [5, 5.41) is 0.751. The monoisotopic (exact) mass is 320 g/mol. The van der Waals surface area contributed by atoms with E-state index in [0.717, 1.165) is 10.9 Å². The van der Waals surface area contributed by atoms with Crippen LogP contribution < -0.4 is 15.1 Å². The quantitative estimate of drug-likeness (QED) is 0.601. The van der Waals surface area contributed by atoms with Crippen LogP contribution in [0.4, 0.5) is 0 Å². The Bertz CT molecular complexity index is 775. The number of aryl methyl sites for hydroxylation is 1. The van der Waals surface area contributed by atoms with E-state index in [1.165, 1.54) is 7.11 Å². The van der Waals surface area contributed by atoms with Crippen molar-refractivity contribution in [3.05, 3.63) is 33.7 Å². The Kier molecular flexibility index (Phi) is 5.26. The minimum absolute atomic E-state index is 0.137. The summed E-state index contributed by atoms with van der Waals surface area (Å²) < 4.78 is 20.7. The maximum atomic E-state index is 12.2. The third-order valence-electron chi connectivity index (χ3n) is 3.68. The van der Waals surface area contributed by atoms with Gasteiger partial charge in [0.05, 0.1) is 20.8 Å². The minimum Gasteiger partial charge on any atom is -0.493 e. The van der Waals surface area contributed by atoms with Crippen molar-refractivity contribution in [1.29, 1.82) is 0 Å². The van der Waals surface area contributed by atoms with Crippen molar-refractivity contribution in [2.24, 2.45) is 0 Å². The van der Waals surface area contributed by atoms with E-state index in [9.17, 15) is 9.59 Å². The second-order valence-corrected chi connectivity index (χ2v) is 5.00. The molecular formula is C17H20O6. The molecule has 23 heavy (non-hydrogen) atoms. The predicted molar refractivity (Wildman–Crippen MR) is 85.3 cm³/mol. The molecule has 124 valence electrons. The fraction of sp³-hybridized carbons (Fsp3) is 0.412. The zero-order chi connectivity index (χ0) is 17.0. The van der Waals surface area contributed by atoms with Gasteiger partial charge in [-0.3, -0.25) is 4.79 Å². The van der Waals surface area contributed by atoms with Crippen molar-refractivity contribution in [2.45, 2.75) is 26.7 Å². The van der Waals surface area contributed by atoms with Gasteiger partial charge in [0, 0.05) is 23.4 Å². The van der Waals surface area contributed by atoms with Crippen molar-refractivity contribution in [1.82, 2.24) is 0 Å². The zero-order valence-electron chi connectivity index (χ0n) is 13.7. The lowest BCUT2D eigenvalue weighted by atomic mass is 10.0. The van der Waals surface area contributed by atoms with Gasteiger partial charge in [-0.15, -0.1) is 0 Å². The second kappa shape index (κ2) is 7.17. The predicted octanol–water partition coefficient (Wildman–Crippen LogP) is 2.61. The average molecular weight is 320 g/mol. The van der Waals surface area contributed by atoms with E-state index >= 15 is 0 Å². The van der Waals surface area contributed by atoms with Gasteiger partial charge >= 0.3 is 11.6 Å². The number of fused-ring (bicyclic) bond motifs is 1. The molecule has 0 saturated heterocycles. The number of ether oxygens (including phenoxy) is 3. The number of hydrogen-bond donors (Lipinski definition) is 0. The molecule has 1 heterocycles. The largest absolute Gasteiger partial charge is 0.493 e. The molecule has 0 atom stereocenters. The third kappa shape index (κ3) is 3.47. The first-order chi connectivity index (χ1) is 11.0. The Labute approximate surface area is 134 Å². The SMILES string of the molecule is CCOC(=O)CCc1c(C)c2cc(OC)c(OC)cc2oc1=O. The summed E-state index contributed by atoms with van der Waals surface area (Å²) in [6, 6.07) is 3.39. The van der Waals surface area contributed by atoms with E-state index < -0.39 is 5.63 Å². The summed E-state index contributed by atoms with van der Waals surface area (Å²) >= 11 is 0. The Morgan fingerprint density at radius 3 is 2.43 bits per heavy atom. The van der Waals surface area contributed by atoms with Crippen LogP contribution in [0.2, 0.25) is 0 Å². The summed E-state index contributed by atoms with van der Waals surface area (Å²) in [4.78, 5) is 23.7. The van der Waals surface area contributed by atoms with Gasteiger partial charge in [0.25, 0.3) is 0 Å². The summed E-state index contributed by atoms with van der Waals surface area (Å²) in [6.45, 7) is 3.89. The maximum absolute atomic E-state index is 12.2. The van der Waals surface area contributed by atoms with Crippen LogP contribution in [0, 0.1) is 6.92 Å². The molecule has 1 aromatic heterocycles. The van der Waals surface area contributed by atoms with Crippen LogP contribution in [-0.2, 0) is 16.0 Å². The van der Waals surface area contributed by atoms with Crippen LogP contribution in [0.25, 0.3) is 11.0 Å². The number of carbonyl (C=O) groups is 1. The first kappa shape index (κ1) is 16.9. The molecule has 0 saturated carbocycles. The van der Waals surface area contributed by atoms with Crippen LogP contribution in [-0.4, -0.2) is 26.8 Å². The van der Waals surface area contributed by atoms with Crippen LogP contribution in [0.15, 0.2) is 21.3 Å². The molecule has 6 heteroatoms. The van der Waals surface area contributed by atoms with Gasteiger partial charge in [-0.2, -0.15) is 0 Å². The molecule has 0 fully saturated rings. The van der Waals surface area contributed by atoms with Gasteiger partial charge in [-0.05, 0) is 31.9 Å². The van der Waals surface area contributed by atoms with Gasteiger partial charge in [0.2, 0.25) is 0 Å². The van der Waals surface area contributed by atoms with Crippen molar-refractivity contribution >= 4 is 16.9 Å².